The average Bonchev–Trinajstić information content (AvgIpc) is 3.33. The number of aliphatic carboxylic acids is 1. The summed E-state index contributed by atoms with van der Waals surface area (Å²) in [5.74, 6) is 0.201. The van der Waals surface area contributed by atoms with E-state index < -0.39 is 5.97 Å². The first-order valence-electron chi connectivity index (χ1n) is 9.21. The van der Waals surface area contributed by atoms with Crippen molar-refractivity contribution in [3.63, 3.8) is 0 Å². The van der Waals surface area contributed by atoms with Gasteiger partial charge in [0.1, 0.15) is 5.75 Å². The molecule has 30 heavy (non-hydrogen) atoms. The smallest absolute Gasteiger partial charge is 0.258 e. The van der Waals surface area contributed by atoms with Crippen LogP contribution in [0.1, 0.15) is 13.3 Å². The Morgan fingerprint density at radius 1 is 1.17 bits per heavy atom. The van der Waals surface area contributed by atoms with Crippen molar-refractivity contribution in [3.8, 4) is 28.6 Å². The predicted octanol–water partition coefficient (Wildman–Crippen LogP) is 4.20. The normalized spacial score (nSPS) is 11.2. The second kappa shape index (κ2) is 8.38. The van der Waals surface area contributed by atoms with Crippen molar-refractivity contribution in [2.45, 2.75) is 19.9 Å². The minimum absolute atomic E-state index is 0.0965. The van der Waals surface area contributed by atoms with Gasteiger partial charge in [-0.1, -0.05) is 28.4 Å². The van der Waals surface area contributed by atoms with Crippen molar-refractivity contribution in [1.82, 2.24) is 14.7 Å². The van der Waals surface area contributed by atoms with Crippen LogP contribution in [0.25, 0.3) is 33.7 Å². The molecule has 0 fully saturated rings. The Morgan fingerprint density at radius 3 is 2.70 bits per heavy atom. The highest BCUT2D eigenvalue weighted by Gasteiger charge is 2.15. The second-order valence-corrected chi connectivity index (χ2v) is 7.34. The summed E-state index contributed by atoms with van der Waals surface area (Å²) in [6, 6.07) is 10.8. The fraction of sp³-hybridized carbons (Fsp3) is 0.190. The van der Waals surface area contributed by atoms with E-state index in [-0.39, 0.29) is 13.0 Å². The Bertz CT molecular complexity index is 1230. The molecule has 0 spiro atoms. The molecule has 0 aliphatic carbocycles. The van der Waals surface area contributed by atoms with E-state index in [2.05, 4.69) is 10.1 Å². The summed E-state index contributed by atoms with van der Waals surface area (Å²) in [7, 11) is 0. The summed E-state index contributed by atoms with van der Waals surface area (Å²) in [5.41, 5.74) is 2.20. The lowest BCUT2D eigenvalue weighted by Gasteiger charge is -2.06. The first-order valence-corrected chi connectivity index (χ1v) is 9.97. The molecule has 0 radical (unpaired) electrons. The fourth-order valence-electron chi connectivity index (χ4n) is 3.15. The summed E-state index contributed by atoms with van der Waals surface area (Å²) in [6.45, 7) is 2.68. The fourth-order valence-corrected chi connectivity index (χ4v) is 3.66. The van der Waals surface area contributed by atoms with Crippen LogP contribution in [-0.4, -0.2) is 27.3 Å². The number of carbonyl (C=O) groups excluding carboxylic acids is 1. The van der Waals surface area contributed by atoms with Crippen molar-refractivity contribution in [2.75, 3.05) is 6.61 Å². The van der Waals surface area contributed by atoms with Crippen LogP contribution in [0.4, 0.5) is 0 Å². The maximum Gasteiger partial charge on any atom is 0.258 e. The van der Waals surface area contributed by atoms with Gasteiger partial charge in [0.05, 0.1) is 16.7 Å². The molecule has 154 valence electrons. The molecule has 0 saturated heterocycles. The minimum Gasteiger partial charge on any atom is -0.550 e. The highest BCUT2D eigenvalue weighted by atomic mass is 35.5. The molecular weight excluding hydrogens is 429 g/mol. The number of carboxylic acid groups (broad SMARTS) is 1. The van der Waals surface area contributed by atoms with Crippen molar-refractivity contribution >= 4 is 40.1 Å². The predicted molar refractivity (Wildman–Crippen MR) is 111 cm³/mol. The maximum absolute atomic E-state index is 10.7. The van der Waals surface area contributed by atoms with Gasteiger partial charge in [0, 0.05) is 47.2 Å². The summed E-state index contributed by atoms with van der Waals surface area (Å²) in [5, 5.41) is 16.5. The Morgan fingerprint density at radius 2 is 1.97 bits per heavy atom. The van der Waals surface area contributed by atoms with E-state index in [1.807, 2.05) is 25.1 Å². The zero-order chi connectivity index (χ0) is 21.3. The lowest BCUT2D eigenvalue weighted by atomic mass is 10.1. The standard InChI is InChI=1S/C21H17Cl2N3O4/c1-2-29-18-6-4-13(10-15(18)22)21-24-20(25-30-21)12-3-5-17-14(9-12)16(23)11-26(17)8-7-19(27)28/h3-6,9-11H,2,7-8H2,1H3,(H,27,28)/p-1. The number of aromatic nitrogens is 3. The average molecular weight is 445 g/mol. The molecule has 4 aromatic rings. The molecule has 0 atom stereocenters. The number of benzene rings is 2. The number of carboxylic acids is 1. The van der Waals surface area contributed by atoms with Crippen LogP contribution in [-0.2, 0) is 11.3 Å². The van der Waals surface area contributed by atoms with Gasteiger partial charge in [-0.3, -0.25) is 0 Å². The number of hydrogen-bond donors (Lipinski definition) is 0. The molecule has 2 aromatic heterocycles. The van der Waals surface area contributed by atoms with Crippen molar-refractivity contribution in [3.05, 3.63) is 52.6 Å². The van der Waals surface area contributed by atoms with E-state index in [1.165, 1.54) is 0 Å². The molecule has 2 heterocycles. The number of aryl methyl sites for hydroxylation is 1. The van der Waals surface area contributed by atoms with Crippen LogP contribution in [0.15, 0.2) is 47.1 Å². The lowest BCUT2D eigenvalue weighted by Crippen LogP contribution is -2.23. The molecule has 0 N–H and O–H groups in total. The van der Waals surface area contributed by atoms with Gasteiger partial charge in [-0.05, 0) is 43.3 Å². The summed E-state index contributed by atoms with van der Waals surface area (Å²) in [6.07, 6.45) is 1.60. The highest BCUT2D eigenvalue weighted by molar-refractivity contribution is 6.35. The number of hydrogen-bond acceptors (Lipinski definition) is 6. The van der Waals surface area contributed by atoms with Crippen LogP contribution in [0, 0.1) is 0 Å². The van der Waals surface area contributed by atoms with E-state index in [9.17, 15) is 9.90 Å². The third kappa shape index (κ3) is 3.99. The van der Waals surface area contributed by atoms with Gasteiger partial charge in [-0.15, -0.1) is 0 Å². The maximum atomic E-state index is 10.7. The van der Waals surface area contributed by atoms with Gasteiger partial charge < -0.3 is 23.7 Å². The SMILES string of the molecule is CCOc1ccc(-c2nc(-c3ccc4c(c3)c(Cl)cn4CCC(=O)[O-])no2)cc1Cl. The Labute approximate surface area is 181 Å². The molecule has 9 heteroatoms. The van der Waals surface area contributed by atoms with Crippen molar-refractivity contribution in [2.24, 2.45) is 0 Å². The van der Waals surface area contributed by atoms with E-state index in [0.717, 1.165) is 10.9 Å². The number of fused-ring (bicyclic) bond motifs is 1. The second-order valence-electron chi connectivity index (χ2n) is 6.53. The summed E-state index contributed by atoms with van der Waals surface area (Å²) < 4.78 is 12.6. The number of carbonyl (C=O) groups is 1. The first-order chi connectivity index (χ1) is 14.5. The van der Waals surface area contributed by atoms with Gasteiger partial charge in [0.15, 0.2) is 0 Å². The monoisotopic (exact) mass is 444 g/mol. The largest absolute Gasteiger partial charge is 0.550 e. The van der Waals surface area contributed by atoms with Gasteiger partial charge >= 0.3 is 0 Å². The number of ether oxygens (including phenoxy) is 1. The van der Waals surface area contributed by atoms with Crippen LogP contribution in [0.5, 0.6) is 5.75 Å². The van der Waals surface area contributed by atoms with Gasteiger partial charge in [-0.25, -0.2) is 0 Å². The lowest BCUT2D eigenvalue weighted by molar-refractivity contribution is -0.305. The van der Waals surface area contributed by atoms with Gasteiger partial charge in [0.25, 0.3) is 5.89 Å². The third-order valence-corrected chi connectivity index (χ3v) is 5.15. The highest BCUT2D eigenvalue weighted by Crippen LogP contribution is 2.33. The third-order valence-electron chi connectivity index (χ3n) is 4.55. The Balaban J connectivity index is 1.64. The van der Waals surface area contributed by atoms with Gasteiger partial charge in [0.2, 0.25) is 5.82 Å². The molecule has 0 bridgehead atoms. The molecule has 2 aromatic carbocycles. The molecule has 0 aliphatic rings. The molecular formula is C21H16Cl2N3O4-. The zero-order valence-corrected chi connectivity index (χ0v) is 17.4. The van der Waals surface area contributed by atoms with Crippen molar-refractivity contribution in [1.29, 1.82) is 0 Å². The topological polar surface area (TPSA) is 93.2 Å². The molecule has 0 saturated carbocycles. The molecule has 4 rings (SSSR count). The van der Waals surface area contributed by atoms with E-state index in [1.54, 1.807) is 29.0 Å². The number of nitrogens with zero attached hydrogens (tertiary/aromatic N) is 3. The summed E-state index contributed by atoms with van der Waals surface area (Å²) in [4.78, 5) is 15.2. The van der Waals surface area contributed by atoms with Crippen LogP contribution >= 0.6 is 23.2 Å². The van der Waals surface area contributed by atoms with Crippen LogP contribution < -0.4 is 9.84 Å². The van der Waals surface area contributed by atoms with Crippen LogP contribution in [0.3, 0.4) is 0 Å². The van der Waals surface area contributed by atoms with Crippen molar-refractivity contribution < 1.29 is 19.2 Å². The van der Waals surface area contributed by atoms with Crippen LogP contribution in [0.2, 0.25) is 10.0 Å². The molecule has 0 unspecified atom stereocenters. The Hall–Kier alpha value is -3.03. The number of halogens is 2. The number of rotatable bonds is 7. The first kappa shape index (κ1) is 20.3. The summed E-state index contributed by atoms with van der Waals surface area (Å²) >= 11 is 12.6. The zero-order valence-electron chi connectivity index (χ0n) is 15.9. The molecule has 7 nitrogen and oxygen atoms in total. The van der Waals surface area contributed by atoms with E-state index in [0.29, 0.717) is 45.2 Å². The Kier molecular flexibility index (Phi) is 5.65. The van der Waals surface area contributed by atoms with Gasteiger partial charge in [-0.2, -0.15) is 4.98 Å². The molecule has 0 amide bonds. The minimum atomic E-state index is -1.11. The van der Waals surface area contributed by atoms with E-state index >= 15 is 0 Å². The quantitative estimate of drug-likeness (QED) is 0.423. The van der Waals surface area contributed by atoms with E-state index in [4.69, 9.17) is 32.5 Å². The molecule has 0 aliphatic heterocycles.